The largest absolute Gasteiger partial charge is 0.483 e. The Morgan fingerprint density at radius 1 is 0.903 bits per heavy atom. The van der Waals surface area contributed by atoms with Crippen LogP contribution in [0.25, 0.3) is 11.0 Å². The molecule has 0 fully saturated rings. The molecule has 0 atom stereocenters. The molecule has 0 bridgehead atoms. The number of imidazole rings is 1. The Kier molecular flexibility index (Phi) is 5.48. The lowest BCUT2D eigenvalue weighted by molar-refractivity contribution is -0.118. The number of aromatic amines is 2. The molecular formula is C22H17FN4O4. The highest BCUT2D eigenvalue weighted by Crippen LogP contribution is 2.21. The van der Waals surface area contributed by atoms with Gasteiger partial charge < -0.3 is 25.3 Å². The summed E-state index contributed by atoms with van der Waals surface area (Å²) in [7, 11) is 0. The summed E-state index contributed by atoms with van der Waals surface area (Å²) < 4.78 is 19.2. The van der Waals surface area contributed by atoms with Gasteiger partial charge in [0.25, 0.3) is 11.8 Å². The van der Waals surface area contributed by atoms with Crippen LogP contribution in [0.2, 0.25) is 0 Å². The van der Waals surface area contributed by atoms with Crippen LogP contribution in [-0.4, -0.2) is 28.4 Å². The number of H-pyrrole nitrogens is 2. The van der Waals surface area contributed by atoms with Crippen molar-refractivity contribution in [1.82, 2.24) is 9.97 Å². The van der Waals surface area contributed by atoms with Crippen molar-refractivity contribution < 1.29 is 18.7 Å². The number of aromatic nitrogens is 2. The lowest BCUT2D eigenvalue weighted by Crippen LogP contribution is -2.22. The first-order valence-corrected chi connectivity index (χ1v) is 9.29. The third-order valence-electron chi connectivity index (χ3n) is 4.41. The van der Waals surface area contributed by atoms with Crippen molar-refractivity contribution >= 4 is 34.2 Å². The standard InChI is InChI=1S/C22H17FN4O4/c23-15-6-2-3-7-16(15)25-20(28)12-31-19-8-4-1-5-14(19)21(29)24-13-9-10-17-18(11-13)27-22(30)26-17/h1-11H,12H2,(H,24,29)(H,25,28)(H2,26,27,30). The summed E-state index contributed by atoms with van der Waals surface area (Å²) in [6, 6.07) is 17.1. The zero-order chi connectivity index (χ0) is 21.8. The molecule has 2 amide bonds. The fourth-order valence-electron chi connectivity index (χ4n) is 2.98. The summed E-state index contributed by atoms with van der Waals surface area (Å²) in [4.78, 5) is 41.5. The van der Waals surface area contributed by atoms with Crippen LogP contribution in [-0.2, 0) is 4.79 Å². The van der Waals surface area contributed by atoms with Crippen molar-refractivity contribution in [3.63, 3.8) is 0 Å². The number of hydrogen-bond acceptors (Lipinski definition) is 4. The van der Waals surface area contributed by atoms with Crippen LogP contribution >= 0.6 is 0 Å². The third kappa shape index (κ3) is 4.61. The first-order chi connectivity index (χ1) is 15.0. The molecule has 0 saturated carbocycles. The Hall–Kier alpha value is -4.40. The Labute approximate surface area is 175 Å². The molecule has 0 aliphatic carbocycles. The van der Waals surface area contributed by atoms with Crippen LogP contribution in [0.4, 0.5) is 15.8 Å². The van der Waals surface area contributed by atoms with E-state index in [9.17, 15) is 18.8 Å². The van der Waals surface area contributed by atoms with Crippen molar-refractivity contribution in [2.24, 2.45) is 0 Å². The quantitative estimate of drug-likeness (QED) is 0.383. The van der Waals surface area contributed by atoms with Crippen LogP contribution in [0, 0.1) is 5.82 Å². The number of fused-ring (bicyclic) bond motifs is 1. The van der Waals surface area contributed by atoms with Gasteiger partial charge in [0.05, 0.1) is 22.3 Å². The minimum absolute atomic E-state index is 0.0420. The van der Waals surface area contributed by atoms with Crippen LogP contribution in [0.15, 0.2) is 71.5 Å². The zero-order valence-electron chi connectivity index (χ0n) is 16.1. The minimum Gasteiger partial charge on any atom is -0.483 e. The van der Waals surface area contributed by atoms with Crippen molar-refractivity contribution in [1.29, 1.82) is 0 Å². The Balaban J connectivity index is 1.44. The monoisotopic (exact) mass is 420 g/mol. The summed E-state index contributed by atoms with van der Waals surface area (Å²) in [5.74, 6) is -1.39. The van der Waals surface area contributed by atoms with Gasteiger partial charge in [-0.25, -0.2) is 9.18 Å². The van der Waals surface area contributed by atoms with Gasteiger partial charge >= 0.3 is 5.69 Å². The summed E-state index contributed by atoms with van der Waals surface area (Å²) in [6.07, 6.45) is 0. The predicted octanol–water partition coefficient (Wildman–Crippen LogP) is 3.27. The van der Waals surface area contributed by atoms with E-state index in [0.717, 1.165) is 0 Å². The number of amides is 2. The second-order valence-electron chi connectivity index (χ2n) is 6.61. The summed E-state index contributed by atoms with van der Waals surface area (Å²) in [5, 5.41) is 5.15. The molecule has 0 unspecified atom stereocenters. The van der Waals surface area contributed by atoms with Gasteiger partial charge in [0.15, 0.2) is 6.61 Å². The maximum Gasteiger partial charge on any atom is 0.323 e. The van der Waals surface area contributed by atoms with E-state index in [4.69, 9.17) is 4.74 Å². The molecule has 1 heterocycles. The predicted molar refractivity (Wildman–Crippen MR) is 114 cm³/mol. The number of nitrogens with one attached hydrogen (secondary N) is 4. The first-order valence-electron chi connectivity index (χ1n) is 9.29. The van der Waals surface area contributed by atoms with E-state index in [1.165, 1.54) is 18.2 Å². The van der Waals surface area contributed by atoms with E-state index >= 15 is 0 Å². The molecule has 4 rings (SSSR count). The van der Waals surface area contributed by atoms with E-state index in [1.807, 2.05) is 0 Å². The van der Waals surface area contributed by atoms with Gasteiger partial charge in [-0.2, -0.15) is 0 Å². The Bertz CT molecular complexity index is 1330. The number of carbonyl (C=O) groups is 2. The highest BCUT2D eigenvalue weighted by molar-refractivity contribution is 6.06. The zero-order valence-corrected chi connectivity index (χ0v) is 16.1. The minimum atomic E-state index is -0.567. The van der Waals surface area contributed by atoms with Crippen molar-refractivity contribution in [3.05, 3.63) is 88.6 Å². The van der Waals surface area contributed by atoms with Gasteiger partial charge in [-0.1, -0.05) is 24.3 Å². The number of carbonyl (C=O) groups excluding carboxylic acids is 2. The number of ether oxygens (including phenoxy) is 1. The lowest BCUT2D eigenvalue weighted by atomic mass is 10.1. The summed E-state index contributed by atoms with van der Waals surface area (Å²) >= 11 is 0. The SMILES string of the molecule is O=C(COc1ccccc1C(=O)Nc1ccc2[nH]c(=O)[nH]c2c1)Nc1ccccc1F. The van der Waals surface area contributed by atoms with Gasteiger partial charge in [-0.15, -0.1) is 0 Å². The molecule has 31 heavy (non-hydrogen) atoms. The van der Waals surface area contributed by atoms with Gasteiger partial charge in [-0.05, 0) is 42.5 Å². The second kappa shape index (κ2) is 8.54. The molecule has 4 N–H and O–H groups in total. The molecule has 8 nitrogen and oxygen atoms in total. The molecule has 156 valence electrons. The van der Waals surface area contributed by atoms with Crippen LogP contribution in [0.1, 0.15) is 10.4 Å². The highest BCUT2D eigenvalue weighted by atomic mass is 19.1. The van der Waals surface area contributed by atoms with Crippen LogP contribution < -0.4 is 21.1 Å². The van der Waals surface area contributed by atoms with Gasteiger partial charge in [-0.3, -0.25) is 9.59 Å². The van der Waals surface area contributed by atoms with Crippen LogP contribution in [0.3, 0.4) is 0 Å². The van der Waals surface area contributed by atoms with E-state index in [0.29, 0.717) is 16.7 Å². The highest BCUT2D eigenvalue weighted by Gasteiger charge is 2.15. The second-order valence-corrected chi connectivity index (χ2v) is 6.61. The Morgan fingerprint density at radius 2 is 1.65 bits per heavy atom. The molecule has 0 radical (unpaired) electrons. The maximum atomic E-state index is 13.7. The number of benzene rings is 3. The molecule has 0 spiro atoms. The van der Waals surface area contributed by atoms with Crippen molar-refractivity contribution in [2.75, 3.05) is 17.2 Å². The van der Waals surface area contributed by atoms with Gasteiger partial charge in [0, 0.05) is 5.69 Å². The number of hydrogen-bond donors (Lipinski definition) is 4. The Morgan fingerprint density at radius 3 is 2.48 bits per heavy atom. The molecule has 3 aromatic carbocycles. The molecule has 9 heteroatoms. The number of anilines is 2. The molecule has 0 aliphatic heterocycles. The average molecular weight is 420 g/mol. The number of halogens is 1. The molecule has 4 aromatic rings. The van der Waals surface area contributed by atoms with Crippen molar-refractivity contribution in [3.8, 4) is 5.75 Å². The smallest absolute Gasteiger partial charge is 0.323 e. The summed E-state index contributed by atoms with van der Waals surface area (Å²) in [6.45, 7) is -0.408. The molecule has 0 saturated heterocycles. The first kappa shape index (κ1) is 19.9. The summed E-state index contributed by atoms with van der Waals surface area (Å²) in [5.41, 5.74) is 1.56. The fraction of sp³-hybridized carbons (Fsp3) is 0.0455. The number of rotatable bonds is 6. The van der Waals surface area contributed by atoms with E-state index in [2.05, 4.69) is 20.6 Å². The van der Waals surface area contributed by atoms with E-state index in [-0.39, 0.29) is 22.7 Å². The fourth-order valence-corrected chi connectivity index (χ4v) is 2.98. The topological polar surface area (TPSA) is 116 Å². The van der Waals surface area contributed by atoms with Gasteiger partial charge in [0.1, 0.15) is 11.6 Å². The third-order valence-corrected chi connectivity index (χ3v) is 4.41. The normalized spacial score (nSPS) is 10.6. The lowest BCUT2D eigenvalue weighted by Gasteiger charge is -2.12. The van der Waals surface area contributed by atoms with Crippen molar-refractivity contribution in [2.45, 2.75) is 0 Å². The molecule has 1 aromatic heterocycles. The molecule has 0 aliphatic rings. The van der Waals surface area contributed by atoms with Gasteiger partial charge in [0.2, 0.25) is 0 Å². The van der Waals surface area contributed by atoms with E-state index in [1.54, 1.807) is 48.5 Å². The number of para-hydroxylation sites is 2. The van der Waals surface area contributed by atoms with Crippen LogP contribution in [0.5, 0.6) is 5.75 Å². The van der Waals surface area contributed by atoms with E-state index < -0.39 is 24.2 Å². The maximum absolute atomic E-state index is 13.7. The average Bonchev–Trinajstić information content (AvgIpc) is 3.13. The molecular weight excluding hydrogens is 403 g/mol.